The fourth-order valence-electron chi connectivity index (χ4n) is 3.81. The van der Waals surface area contributed by atoms with Crippen molar-refractivity contribution in [2.75, 3.05) is 7.11 Å². The minimum Gasteiger partial charge on any atom is -0.493 e. The van der Waals surface area contributed by atoms with E-state index in [0.717, 1.165) is 6.42 Å². The summed E-state index contributed by atoms with van der Waals surface area (Å²) < 4.78 is 7.13. The maximum Gasteiger partial charge on any atom is 0.201 e. The Balaban J connectivity index is 1.84. The normalized spacial score (nSPS) is 28.7. The van der Waals surface area contributed by atoms with Crippen molar-refractivity contribution < 1.29 is 9.53 Å². The molecule has 0 amide bonds. The van der Waals surface area contributed by atoms with Crippen LogP contribution in [0.2, 0.25) is 0 Å². The average Bonchev–Trinajstić information content (AvgIpc) is 3.09. The van der Waals surface area contributed by atoms with Crippen LogP contribution in [-0.4, -0.2) is 34.8 Å². The summed E-state index contributed by atoms with van der Waals surface area (Å²) in [5.74, 6) is 1.38. The highest BCUT2D eigenvalue weighted by molar-refractivity contribution is 6.01. The van der Waals surface area contributed by atoms with E-state index in [4.69, 9.17) is 4.74 Å². The summed E-state index contributed by atoms with van der Waals surface area (Å²) in [7, 11) is 1.60. The van der Waals surface area contributed by atoms with Crippen molar-refractivity contribution in [3.05, 3.63) is 11.9 Å². The van der Waals surface area contributed by atoms with Gasteiger partial charge in [-0.15, -0.1) is 0 Å². The van der Waals surface area contributed by atoms with Crippen LogP contribution < -0.4 is 10.1 Å². The lowest BCUT2D eigenvalue weighted by atomic mass is 9.84. The van der Waals surface area contributed by atoms with E-state index in [1.807, 2.05) is 13.8 Å². The second kappa shape index (κ2) is 5.79. The fourth-order valence-corrected chi connectivity index (χ4v) is 3.81. The lowest BCUT2D eigenvalue weighted by molar-refractivity contribution is 0.0933. The Morgan fingerprint density at radius 3 is 2.86 bits per heavy atom. The Kier molecular flexibility index (Phi) is 4.02. The minimum absolute atomic E-state index is 0.0822. The number of ether oxygens (including phenoxy) is 1. The Morgan fingerprint density at radius 2 is 2.19 bits per heavy atom. The van der Waals surface area contributed by atoms with Crippen LogP contribution in [0.1, 0.15) is 62.5 Å². The van der Waals surface area contributed by atoms with E-state index in [9.17, 15) is 4.79 Å². The molecule has 21 heavy (non-hydrogen) atoms. The highest BCUT2D eigenvalue weighted by atomic mass is 16.5. The zero-order valence-electron chi connectivity index (χ0n) is 13.1. The zero-order chi connectivity index (χ0) is 15.0. The molecule has 1 aliphatic heterocycles. The zero-order valence-corrected chi connectivity index (χ0v) is 13.1. The van der Waals surface area contributed by atoms with Crippen LogP contribution in [-0.2, 0) is 0 Å². The summed E-state index contributed by atoms with van der Waals surface area (Å²) in [6, 6.07) is 0.590. The van der Waals surface area contributed by atoms with Gasteiger partial charge in [-0.2, -0.15) is 5.10 Å². The van der Waals surface area contributed by atoms with Gasteiger partial charge in [-0.3, -0.25) is 9.48 Å². The van der Waals surface area contributed by atoms with Gasteiger partial charge in [0, 0.05) is 12.1 Å². The number of methoxy groups -OCH3 is 1. The molecule has 2 heterocycles. The number of hydrogen-bond acceptors (Lipinski definition) is 4. The van der Waals surface area contributed by atoms with Crippen LogP contribution in [0, 0.1) is 5.92 Å². The molecule has 0 spiro atoms. The first kappa shape index (κ1) is 14.6. The molecule has 1 N–H and O–H groups in total. The molecule has 0 aromatic carbocycles. The van der Waals surface area contributed by atoms with Gasteiger partial charge in [-0.1, -0.05) is 12.8 Å². The van der Waals surface area contributed by atoms with Crippen LogP contribution >= 0.6 is 0 Å². The molecule has 3 rings (SSSR count). The van der Waals surface area contributed by atoms with Crippen molar-refractivity contribution in [1.29, 1.82) is 0 Å². The van der Waals surface area contributed by atoms with Crippen LogP contribution in [0.3, 0.4) is 0 Å². The number of nitrogens with one attached hydrogen (secondary N) is 1. The third-order valence-electron chi connectivity index (χ3n) is 4.88. The van der Waals surface area contributed by atoms with Gasteiger partial charge >= 0.3 is 0 Å². The number of Topliss-reactive ketones (excluding diaryl/α,β-unsaturated/α-hetero) is 1. The highest BCUT2D eigenvalue weighted by Crippen LogP contribution is 2.35. The standard InChI is InChI=1S/C16H25N3O2/c1-10(2)19-15(14(21-3)9-17-19)16(20)13-8-11-6-4-5-7-12(11)18-13/h9-13,18H,4-8H2,1-3H3. The molecule has 1 aromatic heterocycles. The van der Waals surface area contributed by atoms with Crippen molar-refractivity contribution in [2.24, 2.45) is 5.92 Å². The lowest BCUT2D eigenvalue weighted by Gasteiger charge is -2.24. The summed E-state index contributed by atoms with van der Waals surface area (Å²) in [6.07, 6.45) is 7.64. The van der Waals surface area contributed by atoms with E-state index in [2.05, 4.69) is 10.4 Å². The lowest BCUT2D eigenvalue weighted by Crippen LogP contribution is -2.38. The van der Waals surface area contributed by atoms with Gasteiger partial charge in [-0.25, -0.2) is 0 Å². The molecule has 0 radical (unpaired) electrons. The number of nitrogens with zero attached hydrogens (tertiary/aromatic N) is 2. The van der Waals surface area contributed by atoms with E-state index >= 15 is 0 Å². The molecule has 116 valence electrons. The van der Waals surface area contributed by atoms with Crippen molar-refractivity contribution >= 4 is 5.78 Å². The smallest absolute Gasteiger partial charge is 0.201 e. The predicted octanol–water partition coefficient (Wildman–Crippen LogP) is 2.58. The predicted molar refractivity (Wildman–Crippen MR) is 80.8 cm³/mol. The van der Waals surface area contributed by atoms with Gasteiger partial charge < -0.3 is 10.1 Å². The summed E-state index contributed by atoms with van der Waals surface area (Å²) in [5.41, 5.74) is 0.614. The average molecular weight is 291 g/mol. The van der Waals surface area contributed by atoms with Crippen molar-refractivity contribution in [3.63, 3.8) is 0 Å². The first-order valence-electron chi connectivity index (χ1n) is 8.03. The summed E-state index contributed by atoms with van der Waals surface area (Å²) in [4.78, 5) is 13.0. The molecule has 5 heteroatoms. The number of carbonyl (C=O) groups excluding carboxylic acids is 1. The number of ketones is 1. The second-order valence-corrected chi connectivity index (χ2v) is 6.57. The topological polar surface area (TPSA) is 56.2 Å². The Labute approximate surface area is 126 Å². The number of carbonyl (C=O) groups is 1. The van der Waals surface area contributed by atoms with E-state index in [1.165, 1.54) is 25.7 Å². The van der Waals surface area contributed by atoms with E-state index in [0.29, 0.717) is 23.4 Å². The van der Waals surface area contributed by atoms with Crippen molar-refractivity contribution in [1.82, 2.24) is 15.1 Å². The maximum atomic E-state index is 13.0. The molecule has 1 aliphatic carbocycles. The molecule has 1 aromatic rings. The Bertz CT molecular complexity index is 510. The molecule has 5 nitrogen and oxygen atoms in total. The first-order valence-corrected chi connectivity index (χ1v) is 8.03. The van der Waals surface area contributed by atoms with E-state index in [1.54, 1.807) is 18.0 Å². The largest absolute Gasteiger partial charge is 0.493 e. The van der Waals surface area contributed by atoms with Crippen molar-refractivity contribution in [3.8, 4) is 5.75 Å². The molecular formula is C16H25N3O2. The third kappa shape index (κ3) is 2.59. The number of hydrogen-bond donors (Lipinski definition) is 1. The van der Waals surface area contributed by atoms with Crippen LogP contribution in [0.25, 0.3) is 0 Å². The molecule has 3 atom stereocenters. The molecule has 2 fully saturated rings. The SMILES string of the molecule is COc1cnn(C(C)C)c1C(=O)C1CC2CCCCC2N1. The van der Waals surface area contributed by atoms with Crippen LogP contribution in [0.4, 0.5) is 0 Å². The summed E-state index contributed by atoms with van der Waals surface area (Å²) in [5, 5.41) is 7.86. The summed E-state index contributed by atoms with van der Waals surface area (Å²) >= 11 is 0. The molecule has 0 bridgehead atoms. The third-order valence-corrected chi connectivity index (χ3v) is 4.88. The number of rotatable bonds is 4. The van der Waals surface area contributed by atoms with Gasteiger partial charge in [0.2, 0.25) is 5.78 Å². The van der Waals surface area contributed by atoms with Gasteiger partial charge in [0.1, 0.15) is 5.69 Å². The van der Waals surface area contributed by atoms with Gasteiger partial charge in [0.25, 0.3) is 0 Å². The Hall–Kier alpha value is -1.36. The van der Waals surface area contributed by atoms with Crippen LogP contribution in [0.15, 0.2) is 6.20 Å². The minimum atomic E-state index is -0.0822. The highest BCUT2D eigenvalue weighted by Gasteiger charge is 2.40. The number of aromatic nitrogens is 2. The molecule has 1 saturated heterocycles. The van der Waals surface area contributed by atoms with Crippen LogP contribution in [0.5, 0.6) is 5.75 Å². The number of fused-ring (bicyclic) bond motifs is 1. The monoisotopic (exact) mass is 291 g/mol. The fraction of sp³-hybridized carbons (Fsp3) is 0.750. The van der Waals surface area contributed by atoms with E-state index in [-0.39, 0.29) is 17.9 Å². The van der Waals surface area contributed by atoms with Gasteiger partial charge in [-0.05, 0) is 39.0 Å². The molecular weight excluding hydrogens is 266 g/mol. The quantitative estimate of drug-likeness (QED) is 0.866. The molecule has 1 saturated carbocycles. The first-order chi connectivity index (χ1) is 10.1. The van der Waals surface area contributed by atoms with E-state index < -0.39 is 0 Å². The molecule has 2 aliphatic rings. The van der Waals surface area contributed by atoms with Gasteiger partial charge in [0.15, 0.2) is 5.75 Å². The molecule has 3 unspecified atom stereocenters. The van der Waals surface area contributed by atoms with Gasteiger partial charge in [0.05, 0.1) is 19.3 Å². The maximum absolute atomic E-state index is 13.0. The Morgan fingerprint density at radius 1 is 1.43 bits per heavy atom. The van der Waals surface area contributed by atoms with Crippen molar-refractivity contribution in [2.45, 2.75) is 64.1 Å². The second-order valence-electron chi connectivity index (χ2n) is 6.57. The summed E-state index contributed by atoms with van der Waals surface area (Å²) in [6.45, 7) is 4.07.